The van der Waals surface area contributed by atoms with Crippen molar-refractivity contribution >= 4 is 40.3 Å². The molecule has 41 heavy (non-hydrogen) atoms. The summed E-state index contributed by atoms with van der Waals surface area (Å²) in [6.45, 7) is 5.58. The molecule has 1 atom stereocenters. The highest BCUT2D eigenvalue weighted by Crippen LogP contribution is 2.36. The van der Waals surface area contributed by atoms with Crippen LogP contribution >= 0.6 is 24.0 Å². The van der Waals surface area contributed by atoms with E-state index in [0.29, 0.717) is 28.3 Å². The summed E-state index contributed by atoms with van der Waals surface area (Å²) in [5, 5.41) is 4.94. The molecule has 1 aliphatic rings. The third kappa shape index (κ3) is 7.16. The Bertz CT molecular complexity index is 1500. The highest BCUT2D eigenvalue weighted by molar-refractivity contribution is 8.26. The number of unbranched alkanes of at least 4 members (excludes halogenated alkanes) is 1. The maximum Gasteiger partial charge on any atom is 0.266 e. The molecule has 4 aromatic rings. The van der Waals surface area contributed by atoms with Gasteiger partial charge in [0.15, 0.2) is 0 Å². The zero-order valence-corrected chi connectivity index (χ0v) is 25.2. The van der Waals surface area contributed by atoms with Gasteiger partial charge in [-0.3, -0.25) is 9.69 Å². The van der Waals surface area contributed by atoms with Crippen molar-refractivity contribution in [1.82, 2.24) is 14.7 Å². The van der Waals surface area contributed by atoms with Crippen molar-refractivity contribution in [3.05, 3.63) is 107 Å². The highest BCUT2D eigenvalue weighted by atomic mass is 32.2. The predicted molar refractivity (Wildman–Crippen MR) is 173 cm³/mol. The second-order valence-electron chi connectivity index (χ2n) is 10.2. The number of carbonyl (C=O) groups excluding carboxylic acids is 1. The largest absolute Gasteiger partial charge is 0.489 e. The molecule has 1 unspecified atom stereocenters. The number of hydrogen-bond donors (Lipinski definition) is 0. The van der Waals surface area contributed by atoms with Crippen molar-refractivity contribution in [1.29, 1.82) is 0 Å². The van der Waals surface area contributed by atoms with Gasteiger partial charge < -0.3 is 4.74 Å². The molecule has 0 bridgehead atoms. The van der Waals surface area contributed by atoms with Crippen LogP contribution in [-0.2, 0) is 11.4 Å². The Kier molecular flexibility index (Phi) is 9.70. The summed E-state index contributed by atoms with van der Waals surface area (Å²) in [5.41, 5.74) is 4.67. The van der Waals surface area contributed by atoms with E-state index < -0.39 is 0 Å². The summed E-state index contributed by atoms with van der Waals surface area (Å²) in [4.78, 5) is 15.9. The zero-order chi connectivity index (χ0) is 28.6. The molecular formula is C34H35N3O2S2. The Morgan fingerprint density at radius 1 is 0.976 bits per heavy atom. The third-order valence-electron chi connectivity index (χ3n) is 7.28. The number of benzene rings is 3. The minimum atomic E-state index is -0.0157. The van der Waals surface area contributed by atoms with E-state index in [0.717, 1.165) is 53.1 Å². The molecule has 0 radical (unpaired) electrons. The van der Waals surface area contributed by atoms with Gasteiger partial charge in [0.05, 0.1) is 16.3 Å². The summed E-state index contributed by atoms with van der Waals surface area (Å²) in [6.07, 6.45) is 8.39. The van der Waals surface area contributed by atoms with Crippen molar-refractivity contribution in [2.45, 2.75) is 46.1 Å². The Morgan fingerprint density at radius 2 is 1.68 bits per heavy atom. The summed E-state index contributed by atoms with van der Waals surface area (Å²) in [6, 6.07) is 28.1. The number of aromatic nitrogens is 2. The molecule has 0 spiro atoms. The molecule has 210 valence electrons. The quantitative estimate of drug-likeness (QED) is 0.124. The van der Waals surface area contributed by atoms with Gasteiger partial charge in [0.25, 0.3) is 5.91 Å². The van der Waals surface area contributed by atoms with Crippen LogP contribution in [0.25, 0.3) is 23.0 Å². The van der Waals surface area contributed by atoms with Crippen molar-refractivity contribution < 1.29 is 9.53 Å². The minimum Gasteiger partial charge on any atom is -0.489 e. The molecule has 1 aliphatic heterocycles. The predicted octanol–water partition coefficient (Wildman–Crippen LogP) is 8.54. The highest BCUT2D eigenvalue weighted by Gasteiger charge is 2.33. The van der Waals surface area contributed by atoms with Gasteiger partial charge >= 0.3 is 0 Å². The van der Waals surface area contributed by atoms with Crippen molar-refractivity contribution in [3.63, 3.8) is 0 Å². The summed E-state index contributed by atoms with van der Waals surface area (Å²) >= 11 is 7.05. The molecule has 0 aliphatic carbocycles. The van der Waals surface area contributed by atoms with Gasteiger partial charge in [0.1, 0.15) is 16.7 Å². The zero-order valence-electron chi connectivity index (χ0n) is 23.5. The lowest BCUT2D eigenvalue weighted by atomic mass is 9.99. The first-order valence-corrected chi connectivity index (χ1v) is 15.5. The molecule has 0 saturated carbocycles. The fourth-order valence-electron chi connectivity index (χ4n) is 4.85. The van der Waals surface area contributed by atoms with Gasteiger partial charge in [-0.2, -0.15) is 5.10 Å². The van der Waals surface area contributed by atoms with Crippen LogP contribution in [0.1, 0.15) is 50.7 Å². The Hall–Kier alpha value is -3.68. The molecule has 3 aromatic carbocycles. The number of carbonyl (C=O) groups is 1. The van der Waals surface area contributed by atoms with E-state index in [2.05, 4.69) is 13.8 Å². The molecule has 1 saturated heterocycles. The number of ether oxygens (including phenoxy) is 1. The molecule has 7 heteroatoms. The monoisotopic (exact) mass is 581 g/mol. The average Bonchev–Trinajstić information content (AvgIpc) is 3.55. The van der Waals surface area contributed by atoms with Gasteiger partial charge in [0.2, 0.25) is 0 Å². The number of nitrogens with zero attached hydrogens (tertiary/aromatic N) is 3. The van der Waals surface area contributed by atoms with Crippen LogP contribution in [0.5, 0.6) is 5.75 Å². The van der Waals surface area contributed by atoms with Crippen molar-refractivity contribution in [3.8, 4) is 22.7 Å². The SMILES string of the molecule is CCCCC(CC)CN1C(=O)/C(=C/c2cn(-c3ccccc3)nc2-c2ccc(OCc3ccccc3)cc2)SC1=S. The molecule has 2 heterocycles. The molecule has 5 nitrogen and oxygen atoms in total. The van der Waals surface area contributed by atoms with E-state index in [1.54, 1.807) is 4.90 Å². The van der Waals surface area contributed by atoms with Gasteiger partial charge in [-0.05, 0) is 60.4 Å². The van der Waals surface area contributed by atoms with E-state index in [-0.39, 0.29) is 5.91 Å². The number of thioether (sulfide) groups is 1. The first kappa shape index (κ1) is 28.8. The fraction of sp³-hybridized carbons (Fsp3) is 0.265. The third-order valence-corrected chi connectivity index (χ3v) is 8.66. The normalized spacial score (nSPS) is 15.1. The lowest BCUT2D eigenvalue weighted by molar-refractivity contribution is -0.122. The van der Waals surface area contributed by atoms with Crippen LogP contribution in [0.3, 0.4) is 0 Å². The van der Waals surface area contributed by atoms with Crippen LogP contribution in [0.2, 0.25) is 0 Å². The van der Waals surface area contributed by atoms with Crippen molar-refractivity contribution in [2.75, 3.05) is 6.54 Å². The number of hydrogen-bond acceptors (Lipinski definition) is 5. The maximum atomic E-state index is 13.5. The van der Waals surface area contributed by atoms with Crippen LogP contribution < -0.4 is 4.74 Å². The van der Waals surface area contributed by atoms with Crippen LogP contribution in [0, 0.1) is 5.92 Å². The molecule has 5 rings (SSSR count). The standard InChI is InChI=1S/C34H35N3O2S2/c1-3-5-12-25(4-2)22-36-33(38)31(41-34(36)40)21-28-23-37(29-15-10-7-11-16-29)35-32(28)27-17-19-30(20-18-27)39-24-26-13-8-6-9-14-26/h6-11,13-21,23,25H,3-5,12,22,24H2,1-2H3/b31-21-. The first-order chi connectivity index (χ1) is 20.1. The number of thiocarbonyl (C=S) groups is 1. The van der Waals surface area contributed by atoms with Gasteiger partial charge in [0, 0.05) is 23.9 Å². The maximum absolute atomic E-state index is 13.5. The van der Waals surface area contributed by atoms with E-state index in [9.17, 15) is 4.79 Å². The van der Waals surface area contributed by atoms with Crippen LogP contribution in [-0.4, -0.2) is 31.5 Å². The smallest absolute Gasteiger partial charge is 0.266 e. The fourth-order valence-corrected chi connectivity index (χ4v) is 6.12. The average molecular weight is 582 g/mol. The van der Waals surface area contributed by atoms with E-state index in [1.807, 2.05) is 102 Å². The Balaban J connectivity index is 1.41. The van der Waals surface area contributed by atoms with Gasteiger partial charge in [-0.15, -0.1) is 0 Å². The van der Waals surface area contributed by atoms with Crippen LogP contribution in [0.4, 0.5) is 0 Å². The molecule has 1 fully saturated rings. The lowest BCUT2D eigenvalue weighted by Crippen LogP contribution is -2.33. The molecule has 1 aromatic heterocycles. The first-order valence-electron chi connectivity index (χ1n) is 14.2. The van der Waals surface area contributed by atoms with Crippen molar-refractivity contribution in [2.24, 2.45) is 5.92 Å². The van der Waals surface area contributed by atoms with Crippen LogP contribution in [0.15, 0.2) is 96.0 Å². The molecular weight excluding hydrogens is 547 g/mol. The topological polar surface area (TPSA) is 47.4 Å². The van der Waals surface area contributed by atoms with Gasteiger partial charge in [-0.1, -0.05) is 106 Å². The molecule has 1 amide bonds. The second-order valence-corrected chi connectivity index (χ2v) is 11.9. The Morgan fingerprint density at radius 3 is 2.37 bits per heavy atom. The minimum absolute atomic E-state index is 0.0157. The number of rotatable bonds is 12. The lowest BCUT2D eigenvalue weighted by Gasteiger charge is -2.21. The molecule has 0 N–H and O–H groups in total. The van der Waals surface area contributed by atoms with E-state index in [1.165, 1.54) is 18.2 Å². The number of para-hydroxylation sites is 1. The number of amides is 1. The second kappa shape index (κ2) is 13.8. The summed E-state index contributed by atoms with van der Waals surface area (Å²) in [7, 11) is 0. The van der Waals surface area contributed by atoms with Gasteiger partial charge in [-0.25, -0.2) is 4.68 Å². The Labute approximate surface area is 252 Å². The van der Waals surface area contributed by atoms with E-state index in [4.69, 9.17) is 22.1 Å². The summed E-state index contributed by atoms with van der Waals surface area (Å²) < 4.78 is 8.49. The summed E-state index contributed by atoms with van der Waals surface area (Å²) in [5.74, 6) is 1.23. The van der Waals surface area contributed by atoms with E-state index >= 15 is 0 Å².